The normalized spacial score (nSPS) is 11.8. The molecule has 0 aliphatic heterocycles. The summed E-state index contributed by atoms with van der Waals surface area (Å²) >= 11 is 0. The van der Waals surface area contributed by atoms with Gasteiger partial charge in [0.15, 0.2) is 0 Å². The molecule has 4 nitrogen and oxygen atoms in total. The fraction of sp³-hybridized carbons (Fsp3) is 0.300. The Morgan fingerprint density at radius 3 is 2.86 bits per heavy atom. The van der Waals surface area contributed by atoms with Crippen LogP contribution in [0.5, 0.6) is 5.75 Å². The second-order valence-electron chi connectivity index (χ2n) is 2.70. The first-order valence-electron chi connectivity index (χ1n) is 4.41. The average molecular weight is 191 g/mol. The van der Waals surface area contributed by atoms with Gasteiger partial charge in [-0.25, -0.2) is 5.43 Å². The molecular weight excluding hydrogens is 178 g/mol. The van der Waals surface area contributed by atoms with Crippen molar-refractivity contribution in [1.29, 1.82) is 5.26 Å². The molecule has 0 aliphatic rings. The fourth-order valence-electron chi connectivity index (χ4n) is 1.20. The third kappa shape index (κ3) is 2.22. The van der Waals surface area contributed by atoms with Crippen LogP contribution < -0.4 is 16.0 Å². The third-order valence-electron chi connectivity index (χ3n) is 1.83. The van der Waals surface area contributed by atoms with Gasteiger partial charge in [0, 0.05) is 5.56 Å². The van der Waals surface area contributed by atoms with Gasteiger partial charge in [-0.15, -0.1) is 0 Å². The molecule has 3 N–H and O–H groups in total. The molecule has 0 aromatic heterocycles. The van der Waals surface area contributed by atoms with E-state index in [9.17, 15) is 0 Å². The van der Waals surface area contributed by atoms with E-state index in [1.807, 2.05) is 31.2 Å². The van der Waals surface area contributed by atoms with Crippen LogP contribution >= 0.6 is 0 Å². The highest BCUT2D eigenvalue weighted by Gasteiger charge is 2.12. The van der Waals surface area contributed by atoms with Crippen LogP contribution in [0.1, 0.15) is 18.5 Å². The van der Waals surface area contributed by atoms with Crippen LogP contribution in [0.3, 0.4) is 0 Å². The number of nitriles is 1. The van der Waals surface area contributed by atoms with Crippen molar-refractivity contribution in [3.8, 4) is 11.8 Å². The largest absolute Gasteiger partial charge is 0.493 e. The number of nitrogens with zero attached hydrogens (tertiary/aromatic N) is 1. The second kappa shape index (κ2) is 5.22. The topological polar surface area (TPSA) is 71.1 Å². The van der Waals surface area contributed by atoms with E-state index in [4.69, 9.17) is 15.8 Å². The summed E-state index contributed by atoms with van der Waals surface area (Å²) in [6, 6.07) is 8.87. The van der Waals surface area contributed by atoms with Gasteiger partial charge in [-0.2, -0.15) is 5.26 Å². The maximum atomic E-state index is 8.82. The molecule has 1 atom stereocenters. The van der Waals surface area contributed by atoms with Crippen LogP contribution in [-0.4, -0.2) is 6.61 Å². The molecule has 1 aromatic carbocycles. The van der Waals surface area contributed by atoms with Gasteiger partial charge >= 0.3 is 0 Å². The number of hydrogen-bond acceptors (Lipinski definition) is 4. The zero-order valence-corrected chi connectivity index (χ0v) is 8.03. The average Bonchev–Trinajstić information content (AvgIpc) is 2.23. The van der Waals surface area contributed by atoms with Crippen LogP contribution in [0, 0.1) is 11.3 Å². The van der Waals surface area contributed by atoms with Gasteiger partial charge in [0.2, 0.25) is 0 Å². The Hall–Kier alpha value is -1.57. The molecule has 4 heteroatoms. The summed E-state index contributed by atoms with van der Waals surface area (Å²) in [6.45, 7) is 2.47. The Labute approximate surface area is 83.3 Å². The van der Waals surface area contributed by atoms with Gasteiger partial charge in [0.25, 0.3) is 0 Å². The summed E-state index contributed by atoms with van der Waals surface area (Å²) < 4.78 is 5.37. The van der Waals surface area contributed by atoms with Crippen molar-refractivity contribution < 1.29 is 4.74 Å². The first-order chi connectivity index (χ1) is 6.83. The summed E-state index contributed by atoms with van der Waals surface area (Å²) in [7, 11) is 0. The first kappa shape index (κ1) is 10.5. The number of nitrogens with one attached hydrogen (secondary N) is 1. The zero-order valence-electron chi connectivity index (χ0n) is 8.03. The van der Waals surface area contributed by atoms with E-state index >= 15 is 0 Å². The molecule has 0 radical (unpaired) electrons. The molecule has 0 heterocycles. The second-order valence-corrected chi connectivity index (χ2v) is 2.70. The highest BCUT2D eigenvalue weighted by molar-refractivity contribution is 5.38. The Morgan fingerprint density at radius 2 is 2.29 bits per heavy atom. The van der Waals surface area contributed by atoms with Gasteiger partial charge in [0.1, 0.15) is 11.8 Å². The minimum absolute atomic E-state index is 0.530. The zero-order chi connectivity index (χ0) is 10.4. The predicted octanol–water partition coefficient (Wildman–Crippen LogP) is 1.11. The molecule has 1 rings (SSSR count). The number of hydrazine groups is 1. The minimum Gasteiger partial charge on any atom is -0.493 e. The van der Waals surface area contributed by atoms with E-state index in [1.54, 1.807) is 0 Å². The maximum absolute atomic E-state index is 8.82. The van der Waals surface area contributed by atoms with E-state index in [2.05, 4.69) is 11.5 Å². The molecule has 0 amide bonds. The van der Waals surface area contributed by atoms with E-state index in [0.29, 0.717) is 12.4 Å². The van der Waals surface area contributed by atoms with Crippen molar-refractivity contribution in [1.82, 2.24) is 5.43 Å². The minimum atomic E-state index is -0.530. The van der Waals surface area contributed by atoms with Crippen LogP contribution in [0.2, 0.25) is 0 Å². The standard InChI is InChI=1S/C10H13N3O/c1-2-14-10-6-4-3-5-8(10)9(7-11)13-12/h3-6,9,13H,2,12H2,1H3. The molecule has 14 heavy (non-hydrogen) atoms. The molecule has 0 saturated carbocycles. The smallest absolute Gasteiger partial charge is 0.136 e. The van der Waals surface area contributed by atoms with Gasteiger partial charge in [-0.1, -0.05) is 18.2 Å². The molecule has 0 bridgehead atoms. The van der Waals surface area contributed by atoms with Crippen molar-refractivity contribution in [3.63, 3.8) is 0 Å². The van der Waals surface area contributed by atoms with Crippen molar-refractivity contribution in [3.05, 3.63) is 29.8 Å². The SMILES string of the molecule is CCOc1ccccc1C(C#N)NN. The van der Waals surface area contributed by atoms with Crippen LogP contribution in [0.4, 0.5) is 0 Å². The van der Waals surface area contributed by atoms with Crippen molar-refractivity contribution in [2.24, 2.45) is 5.84 Å². The fourth-order valence-corrected chi connectivity index (χ4v) is 1.20. The predicted molar refractivity (Wildman–Crippen MR) is 53.3 cm³/mol. The number of hydrogen-bond donors (Lipinski definition) is 2. The molecule has 74 valence electrons. The lowest BCUT2D eigenvalue weighted by Crippen LogP contribution is -2.27. The van der Waals surface area contributed by atoms with Crippen molar-refractivity contribution in [2.45, 2.75) is 13.0 Å². The number of benzene rings is 1. The molecule has 0 aliphatic carbocycles. The van der Waals surface area contributed by atoms with Gasteiger partial charge < -0.3 is 4.74 Å². The molecule has 0 fully saturated rings. The van der Waals surface area contributed by atoms with Crippen molar-refractivity contribution in [2.75, 3.05) is 6.61 Å². The summed E-state index contributed by atoms with van der Waals surface area (Å²) in [6.07, 6.45) is 0. The summed E-state index contributed by atoms with van der Waals surface area (Å²) in [5.74, 6) is 5.95. The quantitative estimate of drug-likeness (QED) is 0.552. The molecule has 1 unspecified atom stereocenters. The Kier molecular flexibility index (Phi) is 3.92. The van der Waals surface area contributed by atoms with E-state index in [-0.39, 0.29) is 0 Å². The maximum Gasteiger partial charge on any atom is 0.136 e. The van der Waals surface area contributed by atoms with Crippen molar-refractivity contribution >= 4 is 0 Å². The molecule has 0 saturated heterocycles. The van der Waals surface area contributed by atoms with Gasteiger partial charge in [-0.05, 0) is 13.0 Å². The van der Waals surface area contributed by atoms with Gasteiger partial charge in [0.05, 0.1) is 12.7 Å². The lowest BCUT2D eigenvalue weighted by atomic mass is 10.1. The highest BCUT2D eigenvalue weighted by atomic mass is 16.5. The highest BCUT2D eigenvalue weighted by Crippen LogP contribution is 2.23. The Morgan fingerprint density at radius 1 is 1.57 bits per heavy atom. The number of nitrogens with two attached hydrogens (primary N) is 1. The molecular formula is C10H13N3O. The number of rotatable bonds is 4. The van der Waals surface area contributed by atoms with E-state index in [0.717, 1.165) is 5.56 Å². The van der Waals surface area contributed by atoms with E-state index < -0.39 is 6.04 Å². The monoisotopic (exact) mass is 191 g/mol. The van der Waals surface area contributed by atoms with Crippen LogP contribution in [0.25, 0.3) is 0 Å². The Bertz CT molecular complexity index is 332. The third-order valence-corrected chi connectivity index (χ3v) is 1.83. The van der Waals surface area contributed by atoms with Crippen LogP contribution in [0.15, 0.2) is 24.3 Å². The lowest BCUT2D eigenvalue weighted by molar-refractivity contribution is 0.334. The van der Waals surface area contributed by atoms with Crippen LogP contribution in [-0.2, 0) is 0 Å². The van der Waals surface area contributed by atoms with Gasteiger partial charge in [-0.3, -0.25) is 5.84 Å². The summed E-state index contributed by atoms with van der Waals surface area (Å²) in [4.78, 5) is 0. The summed E-state index contributed by atoms with van der Waals surface area (Å²) in [5, 5.41) is 8.82. The molecule has 0 spiro atoms. The first-order valence-corrected chi connectivity index (χ1v) is 4.41. The Balaban J connectivity index is 3.00. The van der Waals surface area contributed by atoms with E-state index in [1.165, 1.54) is 0 Å². The molecule has 1 aromatic rings. The summed E-state index contributed by atoms with van der Waals surface area (Å²) in [5.41, 5.74) is 3.19. The number of para-hydroxylation sites is 1. The number of ether oxygens (including phenoxy) is 1. The lowest BCUT2D eigenvalue weighted by Gasteiger charge is -2.13.